The summed E-state index contributed by atoms with van der Waals surface area (Å²) in [5.41, 5.74) is 1.31. The van der Waals surface area contributed by atoms with Gasteiger partial charge in [0.15, 0.2) is 13.2 Å². The van der Waals surface area contributed by atoms with Crippen LogP contribution < -0.4 is 4.74 Å². The first kappa shape index (κ1) is 19.5. The van der Waals surface area contributed by atoms with Crippen molar-refractivity contribution in [1.82, 2.24) is 4.57 Å². The number of rotatable bonds is 8. The molecule has 3 rings (SSSR count). The van der Waals surface area contributed by atoms with Gasteiger partial charge in [0.1, 0.15) is 5.75 Å². The van der Waals surface area contributed by atoms with Gasteiger partial charge in [0.05, 0.1) is 17.5 Å². The maximum Gasteiger partial charge on any atom is 0.344 e. The fourth-order valence-corrected chi connectivity index (χ4v) is 2.98. The predicted octanol–water partition coefficient (Wildman–Crippen LogP) is 4.01. The molecule has 0 atom stereocenters. The summed E-state index contributed by atoms with van der Waals surface area (Å²) in [6.45, 7) is -0.256. The van der Waals surface area contributed by atoms with Crippen LogP contribution in [0.1, 0.15) is 16.8 Å². The Morgan fingerprint density at radius 2 is 1.82 bits per heavy atom. The van der Waals surface area contributed by atoms with E-state index < -0.39 is 12.6 Å². The highest BCUT2D eigenvalue weighted by molar-refractivity contribution is 6.32. The molecule has 2 aromatic carbocycles. The summed E-state index contributed by atoms with van der Waals surface area (Å²) in [5, 5.41) is 9.95. The summed E-state index contributed by atoms with van der Waals surface area (Å²) in [6, 6.07) is 16.3. The Hall–Kier alpha value is -3.30. The summed E-state index contributed by atoms with van der Waals surface area (Å²) < 4.78 is 12.2. The van der Waals surface area contributed by atoms with E-state index in [2.05, 4.69) is 6.07 Å². The highest BCUT2D eigenvalue weighted by Crippen LogP contribution is 2.23. The van der Waals surface area contributed by atoms with Crippen LogP contribution in [0.3, 0.4) is 0 Å². The number of Topliss-reactive ketones (excluding diaryl/α,β-unsaturated/α-hetero) is 1. The number of carbonyl (C=O) groups is 2. The molecule has 0 amide bonds. The number of ketones is 1. The molecule has 0 aliphatic heterocycles. The Labute approximate surface area is 166 Å². The van der Waals surface area contributed by atoms with Crippen LogP contribution in [0, 0.1) is 11.3 Å². The normalized spacial score (nSPS) is 10.4. The van der Waals surface area contributed by atoms with Gasteiger partial charge in [-0.15, -0.1) is 0 Å². The van der Waals surface area contributed by atoms with Gasteiger partial charge in [0, 0.05) is 29.2 Å². The summed E-state index contributed by atoms with van der Waals surface area (Å²) in [7, 11) is 0. The Balaban J connectivity index is 1.62. The number of benzene rings is 2. The fourth-order valence-electron chi connectivity index (χ4n) is 2.79. The lowest BCUT2D eigenvalue weighted by atomic mass is 10.1. The van der Waals surface area contributed by atoms with Gasteiger partial charge in [-0.25, -0.2) is 4.79 Å². The number of nitrogens with zero attached hydrogens (tertiary/aromatic N) is 2. The van der Waals surface area contributed by atoms with Crippen molar-refractivity contribution in [2.75, 3.05) is 13.2 Å². The van der Waals surface area contributed by atoms with E-state index in [1.54, 1.807) is 30.5 Å². The summed E-state index contributed by atoms with van der Waals surface area (Å²) in [5.74, 6) is -0.618. The SMILES string of the molecule is N#CCCn1cc(C(=O)COC(=O)COc2ccccc2Cl)c2ccccc21. The van der Waals surface area contributed by atoms with E-state index in [1.807, 2.05) is 28.8 Å². The molecule has 142 valence electrons. The number of ether oxygens (including phenoxy) is 2. The maximum absolute atomic E-state index is 12.6. The topological polar surface area (TPSA) is 81.3 Å². The number of hydrogen-bond donors (Lipinski definition) is 0. The van der Waals surface area contributed by atoms with Crippen molar-refractivity contribution in [3.05, 3.63) is 65.3 Å². The van der Waals surface area contributed by atoms with Crippen LogP contribution in [0.4, 0.5) is 0 Å². The van der Waals surface area contributed by atoms with Crippen molar-refractivity contribution < 1.29 is 19.1 Å². The third-order valence-electron chi connectivity index (χ3n) is 4.10. The Bertz CT molecular complexity index is 1050. The third kappa shape index (κ3) is 4.51. The van der Waals surface area contributed by atoms with Crippen molar-refractivity contribution in [3.63, 3.8) is 0 Å². The molecule has 6 nitrogen and oxygen atoms in total. The van der Waals surface area contributed by atoms with Crippen LogP contribution in [0.25, 0.3) is 10.9 Å². The molecular weight excluding hydrogens is 380 g/mol. The van der Waals surface area contributed by atoms with Crippen LogP contribution >= 0.6 is 11.6 Å². The lowest BCUT2D eigenvalue weighted by molar-refractivity contribution is -0.144. The second-order valence-corrected chi connectivity index (χ2v) is 6.37. The number of aromatic nitrogens is 1. The zero-order chi connectivity index (χ0) is 19.9. The molecule has 0 saturated carbocycles. The van der Waals surface area contributed by atoms with E-state index in [0.29, 0.717) is 29.3 Å². The number of hydrogen-bond acceptors (Lipinski definition) is 5. The monoisotopic (exact) mass is 396 g/mol. The lowest BCUT2D eigenvalue weighted by Gasteiger charge is -2.07. The van der Waals surface area contributed by atoms with Crippen molar-refractivity contribution in [2.45, 2.75) is 13.0 Å². The number of esters is 1. The summed E-state index contributed by atoms with van der Waals surface area (Å²) in [6.07, 6.45) is 2.03. The molecule has 0 saturated heterocycles. The molecule has 0 bridgehead atoms. The minimum absolute atomic E-state index is 0.321. The Morgan fingerprint density at radius 1 is 1.07 bits per heavy atom. The molecule has 0 N–H and O–H groups in total. The number of halogens is 1. The van der Waals surface area contributed by atoms with E-state index in [-0.39, 0.29) is 12.4 Å². The quantitative estimate of drug-likeness (QED) is 0.424. The highest BCUT2D eigenvalue weighted by atomic mass is 35.5. The van der Waals surface area contributed by atoms with Gasteiger partial charge in [-0.05, 0) is 18.2 Å². The van der Waals surface area contributed by atoms with E-state index >= 15 is 0 Å². The second-order valence-electron chi connectivity index (χ2n) is 5.96. The molecule has 0 fully saturated rings. The first-order chi connectivity index (χ1) is 13.6. The van der Waals surface area contributed by atoms with Crippen molar-refractivity contribution in [2.24, 2.45) is 0 Å². The molecule has 0 unspecified atom stereocenters. The van der Waals surface area contributed by atoms with Crippen LogP contribution in [0.15, 0.2) is 54.7 Å². The molecule has 7 heteroatoms. The van der Waals surface area contributed by atoms with E-state index in [4.69, 9.17) is 26.3 Å². The van der Waals surface area contributed by atoms with Gasteiger partial charge in [-0.2, -0.15) is 5.26 Å². The number of fused-ring (bicyclic) bond motifs is 1. The fraction of sp³-hybridized carbons (Fsp3) is 0.190. The molecule has 3 aromatic rings. The van der Waals surface area contributed by atoms with Gasteiger partial charge in [0.2, 0.25) is 5.78 Å². The smallest absolute Gasteiger partial charge is 0.344 e. The van der Waals surface area contributed by atoms with Crippen LogP contribution in [-0.2, 0) is 16.1 Å². The molecule has 1 heterocycles. The Kier molecular flexibility index (Phi) is 6.30. The molecule has 1 aromatic heterocycles. The van der Waals surface area contributed by atoms with Gasteiger partial charge >= 0.3 is 5.97 Å². The minimum Gasteiger partial charge on any atom is -0.480 e. The number of nitriles is 1. The standard InChI is InChI=1S/C21H17ClN2O4/c22-17-7-2-4-9-20(17)27-14-21(26)28-13-19(25)16-12-24(11-5-10-23)18-8-3-1-6-15(16)18/h1-4,6-9,12H,5,11,13-14H2. The van der Waals surface area contributed by atoms with E-state index in [1.165, 1.54) is 0 Å². The predicted molar refractivity (Wildman–Crippen MR) is 104 cm³/mol. The van der Waals surface area contributed by atoms with Crippen molar-refractivity contribution >= 4 is 34.3 Å². The number of carbonyl (C=O) groups excluding carboxylic acids is 2. The molecule has 0 spiro atoms. The lowest BCUT2D eigenvalue weighted by Crippen LogP contribution is -2.19. The first-order valence-electron chi connectivity index (χ1n) is 8.61. The molecule has 0 aliphatic carbocycles. The average Bonchev–Trinajstić information content (AvgIpc) is 3.08. The molecule has 0 radical (unpaired) electrons. The van der Waals surface area contributed by atoms with Crippen LogP contribution in [0.5, 0.6) is 5.75 Å². The largest absolute Gasteiger partial charge is 0.480 e. The van der Waals surface area contributed by atoms with Gasteiger partial charge < -0.3 is 14.0 Å². The average molecular weight is 397 g/mol. The van der Waals surface area contributed by atoms with Gasteiger partial charge in [-0.1, -0.05) is 41.9 Å². The van der Waals surface area contributed by atoms with Crippen LogP contribution in [-0.4, -0.2) is 29.5 Å². The highest BCUT2D eigenvalue weighted by Gasteiger charge is 2.17. The second kappa shape index (κ2) is 9.07. The Morgan fingerprint density at radius 3 is 2.61 bits per heavy atom. The molecular formula is C21H17ClN2O4. The van der Waals surface area contributed by atoms with E-state index in [0.717, 1.165) is 10.9 Å². The molecule has 28 heavy (non-hydrogen) atoms. The van der Waals surface area contributed by atoms with E-state index in [9.17, 15) is 9.59 Å². The summed E-state index contributed by atoms with van der Waals surface area (Å²) in [4.78, 5) is 24.5. The first-order valence-corrected chi connectivity index (χ1v) is 8.99. The molecule has 0 aliphatic rings. The number of para-hydroxylation sites is 2. The van der Waals surface area contributed by atoms with Gasteiger partial charge in [-0.3, -0.25) is 4.79 Å². The third-order valence-corrected chi connectivity index (χ3v) is 4.41. The van der Waals surface area contributed by atoms with Crippen molar-refractivity contribution in [1.29, 1.82) is 5.26 Å². The summed E-state index contributed by atoms with van der Waals surface area (Å²) >= 11 is 5.96. The van der Waals surface area contributed by atoms with Crippen LogP contribution in [0.2, 0.25) is 5.02 Å². The van der Waals surface area contributed by atoms with Gasteiger partial charge in [0.25, 0.3) is 0 Å². The number of aryl methyl sites for hydroxylation is 1. The zero-order valence-electron chi connectivity index (χ0n) is 14.9. The maximum atomic E-state index is 12.6. The minimum atomic E-state index is -0.665. The van der Waals surface area contributed by atoms with Crippen molar-refractivity contribution in [3.8, 4) is 11.8 Å². The zero-order valence-corrected chi connectivity index (χ0v) is 15.7.